The summed E-state index contributed by atoms with van der Waals surface area (Å²) in [7, 11) is 1.49. The van der Waals surface area contributed by atoms with E-state index in [2.05, 4.69) is 11.1 Å². The number of benzene rings is 2. The molecule has 4 aromatic rings. The van der Waals surface area contributed by atoms with Crippen molar-refractivity contribution in [2.24, 2.45) is 0 Å². The number of phenols is 1. The molecule has 2 heterocycles. The molecule has 0 bridgehead atoms. The van der Waals surface area contributed by atoms with Gasteiger partial charge in [-0.05, 0) is 54.8 Å². The molecule has 4 rings (SSSR count). The molecule has 0 aliphatic rings. The lowest BCUT2D eigenvalue weighted by atomic mass is 10.1. The number of ether oxygens (including phenoxy) is 1. The summed E-state index contributed by atoms with van der Waals surface area (Å²) in [6.45, 7) is 4.02. The predicted octanol–water partition coefficient (Wildman–Crippen LogP) is 2.79. The van der Waals surface area contributed by atoms with Crippen LogP contribution in [0.1, 0.15) is 16.7 Å². The first-order valence-electron chi connectivity index (χ1n) is 7.79. The van der Waals surface area contributed by atoms with Gasteiger partial charge in [0.1, 0.15) is 0 Å². The molecule has 0 saturated heterocycles. The van der Waals surface area contributed by atoms with Gasteiger partial charge < -0.3 is 9.84 Å². The van der Waals surface area contributed by atoms with Crippen LogP contribution in [0, 0.1) is 13.8 Å². The Balaban J connectivity index is 1.98. The van der Waals surface area contributed by atoms with Crippen molar-refractivity contribution in [2.75, 3.05) is 7.11 Å². The van der Waals surface area contributed by atoms with Gasteiger partial charge in [-0.15, -0.1) is 0 Å². The fourth-order valence-electron chi connectivity index (χ4n) is 3.05. The highest BCUT2D eigenvalue weighted by Crippen LogP contribution is 2.26. The maximum atomic E-state index is 12.9. The van der Waals surface area contributed by atoms with Gasteiger partial charge in [0.05, 0.1) is 22.7 Å². The molecule has 0 radical (unpaired) electrons. The van der Waals surface area contributed by atoms with Crippen molar-refractivity contribution in [2.45, 2.75) is 13.8 Å². The lowest BCUT2D eigenvalue weighted by Gasteiger charge is -2.03. The highest BCUT2D eigenvalue weighted by atomic mass is 32.1. The van der Waals surface area contributed by atoms with Crippen LogP contribution >= 0.6 is 11.3 Å². The van der Waals surface area contributed by atoms with Crippen molar-refractivity contribution >= 4 is 33.4 Å². The van der Waals surface area contributed by atoms with Crippen LogP contribution in [0.3, 0.4) is 0 Å². The van der Waals surface area contributed by atoms with Crippen LogP contribution in [0.5, 0.6) is 11.5 Å². The van der Waals surface area contributed by atoms with Gasteiger partial charge >= 0.3 is 0 Å². The predicted molar refractivity (Wildman–Crippen MR) is 99.8 cm³/mol. The number of methoxy groups -OCH3 is 1. The van der Waals surface area contributed by atoms with Crippen LogP contribution in [-0.2, 0) is 0 Å². The molecule has 5 nitrogen and oxygen atoms in total. The number of nitrogens with zero attached hydrogens (tertiary/aromatic N) is 2. The van der Waals surface area contributed by atoms with Crippen LogP contribution in [0.15, 0.2) is 35.1 Å². The molecule has 0 unspecified atom stereocenters. The lowest BCUT2D eigenvalue weighted by molar-refractivity contribution is 0.373. The minimum absolute atomic E-state index is 0.0694. The number of aromatic nitrogens is 2. The topological polar surface area (TPSA) is 63.8 Å². The Morgan fingerprint density at radius 2 is 2.04 bits per heavy atom. The van der Waals surface area contributed by atoms with Gasteiger partial charge in [-0.2, -0.15) is 0 Å². The number of fused-ring (bicyclic) bond motifs is 3. The van der Waals surface area contributed by atoms with Gasteiger partial charge in [0.25, 0.3) is 5.56 Å². The monoisotopic (exact) mass is 352 g/mol. The third-order valence-electron chi connectivity index (χ3n) is 4.18. The summed E-state index contributed by atoms with van der Waals surface area (Å²) in [4.78, 5) is 18.2. The smallest absolute Gasteiger partial charge is 0.274 e. The Labute approximate surface area is 147 Å². The SMILES string of the molecule is COc1cc(C=c2sc3nc4c(C)cc(C)cc4n3c2=O)ccc1O. The summed E-state index contributed by atoms with van der Waals surface area (Å²) in [6.07, 6.45) is 1.79. The molecule has 0 aliphatic heterocycles. The largest absolute Gasteiger partial charge is 0.504 e. The number of aromatic hydroxyl groups is 1. The second-order valence-corrected chi connectivity index (χ2v) is 7.04. The number of hydrogen-bond donors (Lipinski definition) is 1. The van der Waals surface area contributed by atoms with Crippen molar-refractivity contribution in [1.82, 2.24) is 9.38 Å². The van der Waals surface area contributed by atoms with Crippen molar-refractivity contribution in [1.29, 1.82) is 0 Å². The third kappa shape index (κ3) is 2.46. The van der Waals surface area contributed by atoms with Gasteiger partial charge in [-0.25, -0.2) is 9.38 Å². The van der Waals surface area contributed by atoms with Gasteiger partial charge in [-0.3, -0.25) is 4.79 Å². The van der Waals surface area contributed by atoms with E-state index < -0.39 is 0 Å². The highest BCUT2D eigenvalue weighted by Gasteiger charge is 2.13. The van der Waals surface area contributed by atoms with Gasteiger partial charge in [-0.1, -0.05) is 23.5 Å². The molecule has 0 aliphatic carbocycles. The zero-order valence-electron chi connectivity index (χ0n) is 14.0. The Bertz CT molecular complexity index is 1240. The molecule has 0 amide bonds. The zero-order valence-corrected chi connectivity index (χ0v) is 14.8. The molecule has 1 N–H and O–H groups in total. The number of thiazole rings is 1. The van der Waals surface area contributed by atoms with E-state index in [1.165, 1.54) is 18.4 Å². The van der Waals surface area contributed by atoms with Crippen LogP contribution in [-0.4, -0.2) is 21.6 Å². The first-order chi connectivity index (χ1) is 12.0. The summed E-state index contributed by atoms with van der Waals surface area (Å²) in [5.74, 6) is 0.444. The normalized spacial score (nSPS) is 12.4. The molecule has 25 heavy (non-hydrogen) atoms. The first kappa shape index (κ1) is 15.7. The summed E-state index contributed by atoms with van der Waals surface area (Å²) in [5.41, 5.74) is 4.58. The maximum Gasteiger partial charge on any atom is 0.274 e. The zero-order chi connectivity index (χ0) is 17.7. The van der Waals surface area contributed by atoms with E-state index in [-0.39, 0.29) is 11.3 Å². The average Bonchev–Trinajstić information content (AvgIpc) is 3.07. The molecule has 0 atom stereocenters. The molecule has 0 fully saturated rings. The maximum absolute atomic E-state index is 12.9. The first-order valence-corrected chi connectivity index (χ1v) is 8.60. The van der Waals surface area contributed by atoms with Crippen molar-refractivity contribution in [3.05, 3.63) is 61.9 Å². The Morgan fingerprint density at radius 3 is 2.80 bits per heavy atom. The second kappa shape index (κ2) is 5.60. The standard InChI is InChI=1S/C19H16N2O3S/c1-10-6-11(2)17-13(7-10)21-18(23)16(25-19(21)20-17)9-12-4-5-14(22)15(8-12)24-3/h4-9,22H,1-3H3. The summed E-state index contributed by atoms with van der Waals surface area (Å²) in [6, 6.07) is 9.05. The molecule has 0 spiro atoms. The fraction of sp³-hybridized carbons (Fsp3) is 0.158. The van der Waals surface area contributed by atoms with E-state index in [0.717, 1.165) is 27.7 Å². The highest BCUT2D eigenvalue weighted by molar-refractivity contribution is 7.15. The van der Waals surface area contributed by atoms with Crippen LogP contribution < -0.4 is 14.8 Å². The third-order valence-corrected chi connectivity index (χ3v) is 5.15. The lowest BCUT2D eigenvalue weighted by Crippen LogP contribution is -2.22. The summed E-state index contributed by atoms with van der Waals surface area (Å²) < 4.78 is 7.38. The Kier molecular flexibility index (Phi) is 3.51. The van der Waals surface area contributed by atoms with Crippen molar-refractivity contribution < 1.29 is 9.84 Å². The van der Waals surface area contributed by atoms with E-state index in [1.807, 2.05) is 19.9 Å². The Morgan fingerprint density at radius 1 is 1.24 bits per heavy atom. The second-order valence-electron chi connectivity index (χ2n) is 6.03. The molecule has 126 valence electrons. The van der Waals surface area contributed by atoms with E-state index in [4.69, 9.17) is 4.74 Å². The van der Waals surface area contributed by atoms with Crippen LogP contribution in [0.4, 0.5) is 0 Å². The number of aryl methyl sites for hydroxylation is 2. The minimum Gasteiger partial charge on any atom is -0.504 e. The average molecular weight is 352 g/mol. The van der Waals surface area contributed by atoms with Crippen LogP contribution in [0.25, 0.3) is 22.1 Å². The molecular formula is C19H16N2O3S. The van der Waals surface area contributed by atoms with E-state index >= 15 is 0 Å². The number of hydrogen-bond acceptors (Lipinski definition) is 5. The number of rotatable bonds is 2. The summed E-state index contributed by atoms with van der Waals surface area (Å²) in [5, 5.41) is 9.70. The molecule has 0 saturated carbocycles. The number of phenolic OH excluding ortho intramolecular Hbond substituents is 1. The van der Waals surface area contributed by atoms with Gasteiger partial charge in [0, 0.05) is 0 Å². The quantitative estimate of drug-likeness (QED) is 0.602. The summed E-state index contributed by atoms with van der Waals surface area (Å²) >= 11 is 1.36. The van der Waals surface area contributed by atoms with E-state index in [9.17, 15) is 9.90 Å². The van der Waals surface area contributed by atoms with Crippen LogP contribution in [0.2, 0.25) is 0 Å². The molecule has 2 aromatic carbocycles. The molecule has 2 aromatic heterocycles. The molecule has 6 heteroatoms. The van der Waals surface area contributed by atoms with E-state index in [1.54, 1.807) is 28.7 Å². The fourth-order valence-corrected chi connectivity index (χ4v) is 4.03. The minimum atomic E-state index is -0.0838. The molecular weight excluding hydrogens is 336 g/mol. The van der Waals surface area contributed by atoms with Gasteiger partial charge in [0.15, 0.2) is 16.5 Å². The van der Waals surface area contributed by atoms with Gasteiger partial charge in [0.2, 0.25) is 0 Å². The van der Waals surface area contributed by atoms with E-state index in [0.29, 0.717) is 15.2 Å². The Hall–Kier alpha value is -2.86. The number of imidazole rings is 1. The van der Waals surface area contributed by atoms with Crippen molar-refractivity contribution in [3.63, 3.8) is 0 Å². The van der Waals surface area contributed by atoms with Crippen molar-refractivity contribution in [3.8, 4) is 11.5 Å².